The van der Waals surface area contributed by atoms with Crippen LogP contribution >= 0.6 is 0 Å². The molecule has 13 heteroatoms. The average molecular weight is 860 g/mol. The van der Waals surface area contributed by atoms with Crippen molar-refractivity contribution in [2.45, 2.75) is 70.4 Å². The van der Waals surface area contributed by atoms with E-state index in [1.165, 1.54) is 29.2 Å². The molecule has 2 aliphatic heterocycles. The molecule has 0 saturated heterocycles. The fourth-order valence-corrected chi connectivity index (χ4v) is 10.3. The number of carbonyl (C=O) groups excluding carboxylic acids is 4. The second kappa shape index (κ2) is 17.8. The van der Waals surface area contributed by atoms with Gasteiger partial charge in [0, 0.05) is 46.7 Å². The molecule has 12 nitrogen and oxygen atoms in total. The number of methoxy groups -OCH3 is 1. The van der Waals surface area contributed by atoms with Crippen molar-refractivity contribution < 1.29 is 41.8 Å². The summed E-state index contributed by atoms with van der Waals surface area (Å²) in [6.45, 7) is 11.5. The van der Waals surface area contributed by atoms with E-state index in [0.29, 0.717) is 59.4 Å². The van der Waals surface area contributed by atoms with Crippen LogP contribution in [0, 0.1) is 0 Å². The normalized spacial score (nSPS) is 15.4. The molecule has 2 atom stereocenters. The summed E-state index contributed by atoms with van der Waals surface area (Å²) in [4.78, 5) is 61.7. The summed E-state index contributed by atoms with van der Waals surface area (Å²) in [6, 6.07) is 19.9. The molecule has 6 aromatic rings. The van der Waals surface area contributed by atoms with Crippen LogP contribution in [-0.4, -0.2) is 113 Å². The van der Waals surface area contributed by atoms with Crippen LogP contribution in [0.25, 0.3) is 43.1 Å². The van der Waals surface area contributed by atoms with Gasteiger partial charge in [0.1, 0.15) is 0 Å². The molecule has 4 amide bonds. The van der Waals surface area contributed by atoms with Gasteiger partial charge in [-0.15, -0.1) is 0 Å². The summed E-state index contributed by atoms with van der Waals surface area (Å²) >= 11 is 0. The molecule has 2 unspecified atom stereocenters. The van der Waals surface area contributed by atoms with Crippen molar-refractivity contribution in [2.75, 3.05) is 63.8 Å². The lowest BCUT2D eigenvalue weighted by atomic mass is 9.82. The largest absolute Gasteiger partial charge is 0.382 e. The molecule has 324 valence electrons. The molecule has 2 aliphatic rings. The van der Waals surface area contributed by atoms with Crippen LogP contribution in [0.5, 0.6) is 0 Å². The Kier molecular flexibility index (Phi) is 12.5. The first-order valence-corrected chi connectivity index (χ1v) is 23.3. The highest BCUT2D eigenvalue weighted by atomic mass is 32.2. The van der Waals surface area contributed by atoms with E-state index in [-0.39, 0.29) is 29.0 Å². The second-order valence-corrected chi connectivity index (χ2v) is 18.6. The average Bonchev–Trinajstić information content (AvgIpc) is 3.27. The molecule has 2 heterocycles. The van der Waals surface area contributed by atoms with Crippen LogP contribution in [0.3, 0.4) is 0 Å². The minimum Gasteiger partial charge on any atom is -0.382 e. The van der Waals surface area contributed by atoms with Crippen molar-refractivity contribution in [2.24, 2.45) is 0 Å². The van der Waals surface area contributed by atoms with Crippen molar-refractivity contribution in [1.29, 1.82) is 0 Å². The Morgan fingerprint density at radius 1 is 0.597 bits per heavy atom. The predicted octanol–water partition coefficient (Wildman–Crippen LogP) is 8.27. The van der Waals surface area contributed by atoms with E-state index in [0.717, 1.165) is 76.0 Å². The van der Waals surface area contributed by atoms with Crippen LogP contribution in [0.4, 0.5) is 5.69 Å². The molecule has 0 fully saturated rings. The molecule has 62 heavy (non-hydrogen) atoms. The highest BCUT2D eigenvalue weighted by Crippen LogP contribution is 2.46. The molecule has 0 aliphatic carbocycles. The van der Waals surface area contributed by atoms with Crippen molar-refractivity contribution in [3.05, 3.63) is 95.1 Å². The third-order valence-corrected chi connectivity index (χ3v) is 14.0. The lowest BCUT2D eigenvalue weighted by molar-refractivity contribution is -0.0312. The third-order valence-electron chi connectivity index (χ3n) is 12.3. The maximum absolute atomic E-state index is 14.3. The van der Waals surface area contributed by atoms with Gasteiger partial charge in [-0.05, 0) is 121 Å². The van der Waals surface area contributed by atoms with Gasteiger partial charge in [-0.3, -0.25) is 24.1 Å². The van der Waals surface area contributed by atoms with Crippen molar-refractivity contribution >= 4 is 82.2 Å². The Balaban J connectivity index is 1.09. The van der Waals surface area contributed by atoms with E-state index in [1.807, 2.05) is 31.2 Å². The Bertz CT molecular complexity index is 2690. The van der Waals surface area contributed by atoms with Crippen molar-refractivity contribution in [1.82, 2.24) is 9.80 Å². The van der Waals surface area contributed by atoms with E-state index in [2.05, 4.69) is 18.7 Å². The fraction of sp³-hybridized carbons (Fsp3) is 0.388. The molecular formula is C49H53N3O9S. The number of rotatable bonds is 20. The number of benzene rings is 6. The first-order valence-electron chi connectivity index (χ1n) is 21.6. The van der Waals surface area contributed by atoms with E-state index < -0.39 is 39.5 Å². The number of nitrogens with zero attached hydrogens (tertiary/aromatic N) is 3. The topological polar surface area (TPSA) is 140 Å². The van der Waals surface area contributed by atoms with Gasteiger partial charge in [0.2, 0.25) is 0 Å². The number of carbonyl (C=O) groups is 4. The maximum atomic E-state index is 14.3. The molecule has 0 radical (unpaired) electrons. The van der Waals surface area contributed by atoms with Crippen LogP contribution in [-0.2, 0) is 24.0 Å². The molecule has 0 saturated carbocycles. The van der Waals surface area contributed by atoms with Gasteiger partial charge in [0.25, 0.3) is 23.6 Å². The number of hydrogen-bond donors (Lipinski definition) is 0. The van der Waals surface area contributed by atoms with Gasteiger partial charge in [0.15, 0.2) is 9.84 Å². The zero-order valence-electron chi connectivity index (χ0n) is 36.0. The number of anilines is 1. The predicted molar refractivity (Wildman–Crippen MR) is 242 cm³/mol. The fourth-order valence-electron chi connectivity index (χ4n) is 9.01. The van der Waals surface area contributed by atoms with Crippen LogP contribution < -0.4 is 4.90 Å². The van der Waals surface area contributed by atoms with Crippen LogP contribution in [0.1, 0.15) is 94.8 Å². The summed E-state index contributed by atoms with van der Waals surface area (Å²) in [6.07, 6.45) is 3.84. The summed E-state index contributed by atoms with van der Waals surface area (Å²) in [5, 5.41) is 5.78. The van der Waals surface area contributed by atoms with Gasteiger partial charge in [-0.2, -0.15) is 0 Å². The Hall–Kier alpha value is -5.31. The number of amides is 4. The molecule has 0 N–H and O–H groups in total. The number of sulfone groups is 1. The number of ether oxygens (including phenoxy) is 3. The van der Waals surface area contributed by atoms with E-state index in [1.54, 1.807) is 38.3 Å². The first-order chi connectivity index (χ1) is 29.9. The Morgan fingerprint density at radius 3 is 1.55 bits per heavy atom. The number of imide groups is 2. The highest BCUT2D eigenvalue weighted by Gasteiger charge is 2.39. The number of hydrogen-bond acceptors (Lipinski definition) is 10. The van der Waals surface area contributed by atoms with Crippen molar-refractivity contribution in [3.63, 3.8) is 0 Å². The van der Waals surface area contributed by atoms with Crippen LogP contribution in [0.2, 0.25) is 0 Å². The minimum atomic E-state index is -3.62. The van der Waals surface area contributed by atoms with Gasteiger partial charge in [-0.1, -0.05) is 51.0 Å². The summed E-state index contributed by atoms with van der Waals surface area (Å²) in [5.74, 6) is -1.85. The Morgan fingerprint density at radius 2 is 1.08 bits per heavy atom. The molecular weight excluding hydrogens is 807 g/mol. The summed E-state index contributed by atoms with van der Waals surface area (Å²) in [7, 11) is -2.01. The lowest BCUT2D eigenvalue weighted by Gasteiger charge is -2.33. The first kappa shape index (κ1) is 43.3. The van der Waals surface area contributed by atoms with Gasteiger partial charge < -0.3 is 19.1 Å². The van der Waals surface area contributed by atoms with Crippen LogP contribution in [0.15, 0.2) is 77.7 Å². The zero-order valence-corrected chi connectivity index (χ0v) is 36.8. The molecule has 0 aromatic heterocycles. The summed E-state index contributed by atoms with van der Waals surface area (Å²) < 4.78 is 43.4. The highest BCUT2D eigenvalue weighted by molar-refractivity contribution is 7.91. The monoisotopic (exact) mass is 859 g/mol. The van der Waals surface area contributed by atoms with Gasteiger partial charge in [-0.25, -0.2) is 13.3 Å². The molecule has 6 aromatic carbocycles. The molecule has 0 bridgehead atoms. The smallest absolute Gasteiger partial charge is 0.265 e. The minimum absolute atomic E-state index is 0.0208. The SMILES string of the molecule is CCCCN(CCCC)CCS(=O)(=O)c1ccc(N2C(=O)c3ccc4c5ccc6c7c(ccc(c8ccc(c3c48)C2=O)c75)C(=O)N(C(C)COC(C)COCCOC)C6=O)cc1. The van der Waals surface area contributed by atoms with Gasteiger partial charge in [0.05, 0.1) is 54.9 Å². The zero-order chi connectivity index (χ0) is 43.9. The maximum Gasteiger partial charge on any atom is 0.265 e. The standard InChI is InChI=1S/C49H53N3O9S/c1-6-8-22-50(23-9-7-2)24-27-62(57,58)33-12-10-32(11-13-33)52-48(55)40-20-16-36-34-14-18-38-44-39(19-15-35(42(34)44)37-17-21-41(49(52)56)45(40)43(36)37)47(54)51(46(38)53)30(3)28-61-31(4)29-60-26-25-59-5/h10-21,30-31H,6-9,22-29H2,1-5H3. The third kappa shape index (κ3) is 7.64. The van der Waals surface area contributed by atoms with E-state index in [4.69, 9.17) is 14.2 Å². The number of unbranched alkanes of at least 4 members (excludes halogenated alkanes) is 2. The quantitative estimate of drug-likeness (QED) is 0.0319. The number of fused-ring (bicyclic) bond motifs is 2. The van der Waals surface area contributed by atoms with E-state index >= 15 is 0 Å². The summed E-state index contributed by atoms with van der Waals surface area (Å²) in [5.41, 5.74) is 1.80. The molecule has 0 spiro atoms. The van der Waals surface area contributed by atoms with Gasteiger partial charge >= 0.3 is 0 Å². The van der Waals surface area contributed by atoms with Crippen molar-refractivity contribution in [3.8, 4) is 0 Å². The van der Waals surface area contributed by atoms with E-state index in [9.17, 15) is 27.6 Å². The second-order valence-electron chi connectivity index (χ2n) is 16.5. The molecule has 8 rings (SSSR count). The lowest BCUT2D eigenvalue weighted by Crippen LogP contribution is -2.48. The Labute approximate surface area is 361 Å².